The summed E-state index contributed by atoms with van der Waals surface area (Å²) in [6.45, 7) is 2.31. The van der Waals surface area contributed by atoms with Crippen molar-refractivity contribution in [1.82, 2.24) is 9.55 Å². The molecule has 29 heavy (non-hydrogen) atoms. The second-order valence-electron chi connectivity index (χ2n) is 6.27. The van der Waals surface area contributed by atoms with Crippen molar-refractivity contribution in [3.63, 3.8) is 0 Å². The Kier molecular flexibility index (Phi) is 6.52. The predicted molar refractivity (Wildman–Crippen MR) is 111 cm³/mol. The number of aryl methyl sites for hydroxylation is 1. The molecular weight excluding hydrogens is 370 g/mol. The summed E-state index contributed by atoms with van der Waals surface area (Å²) in [7, 11) is 0. The highest BCUT2D eigenvalue weighted by atomic mass is 16.5. The minimum absolute atomic E-state index is 0.143. The van der Waals surface area contributed by atoms with Crippen LogP contribution in [0.4, 0.5) is 5.69 Å². The average molecular weight is 391 g/mol. The van der Waals surface area contributed by atoms with Crippen molar-refractivity contribution < 1.29 is 14.3 Å². The Morgan fingerprint density at radius 1 is 1.14 bits per heavy atom. The van der Waals surface area contributed by atoms with Crippen LogP contribution in [-0.4, -0.2) is 28.0 Å². The van der Waals surface area contributed by atoms with E-state index in [1.165, 1.54) is 17.0 Å². The molecule has 0 saturated heterocycles. The van der Waals surface area contributed by atoms with Crippen LogP contribution >= 0.6 is 0 Å². The van der Waals surface area contributed by atoms with Gasteiger partial charge >= 0.3 is 5.97 Å². The van der Waals surface area contributed by atoms with Crippen molar-refractivity contribution in [2.45, 2.75) is 19.9 Å². The number of para-hydroxylation sites is 1. The molecule has 2 aromatic carbocycles. The number of ether oxygens (including phenoxy) is 1. The van der Waals surface area contributed by atoms with E-state index in [1.54, 1.807) is 55.5 Å². The second-order valence-corrected chi connectivity index (χ2v) is 6.27. The number of benzene rings is 2. The Morgan fingerprint density at radius 3 is 2.66 bits per heavy atom. The van der Waals surface area contributed by atoms with Crippen molar-refractivity contribution in [3.05, 3.63) is 76.9 Å². The number of aromatic nitrogens is 2. The first-order chi connectivity index (χ1) is 14.1. The van der Waals surface area contributed by atoms with Crippen LogP contribution in [0.25, 0.3) is 17.0 Å². The van der Waals surface area contributed by atoms with Gasteiger partial charge in [0.15, 0.2) is 0 Å². The number of carbonyl (C=O) groups excluding carboxylic acids is 2. The molecular formula is C22H21N3O4. The molecule has 0 radical (unpaired) electrons. The van der Waals surface area contributed by atoms with Gasteiger partial charge in [0.05, 0.1) is 23.8 Å². The Balaban J connectivity index is 1.56. The quantitative estimate of drug-likeness (QED) is 0.494. The fraction of sp³-hybridized carbons (Fsp3) is 0.182. The van der Waals surface area contributed by atoms with Crippen LogP contribution in [0.3, 0.4) is 0 Å². The summed E-state index contributed by atoms with van der Waals surface area (Å²) in [5, 5.41) is 3.32. The molecule has 1 heterocycles. The van der Waals surface area contributed by atoms with Crippen molar-refractivity contribution in [1.29, 1.82) is 0 Å². The standard InChI is InChI=1S/C22H21N3O4/c1-2-29-21(27)12-9-16-7-10-17(11-8-16)24-20(26)13-14-25-15-23-19-6-4-3-5-18(19)22(25)28/h3-12,15H,2,13-14H2,1H3,(H,24,26)/b12-9+. The van der Waals surface area contributed by atoms with Gasteiger partial charge in [-0.1, -0.05) is 24.3 Å². The maximum Gasteiger partial charge on any atom is 0.330 e. The van der Waals surface area contributed by atoms with E-state index in [-0.39, 0.29) is 24.4 Å². The number of amides is 1. The molecule has 7 nitrogen and oxygen atoms in total. The molecule has 0 aliphatic heterocycles. The summed E-state index contributed by atoms with van der Waals surface area (Å²) in [4.78, 5) is 40.2. The largest absolute Gasteiger partial charge is 0.463 e. The molecule has 0 bridgehead atoms. The van der Waals surface area contributed by atoms with Gasteiger partial charge in [0, 0.05) is 24.7 Å². The van der Waals surface area contributed by atoms with Crippen LogP contribution in [-0.2, 0) is 20.9 Å². The van der Waals surface area contributed by atoms with Gasteiger partial charge in [0.1, 0.15) is 0 Å². The highest BCUT2D eigenvalue weighted by Gasteiger charge is 2.07. The van der Waals surface area contributed by atoms with Crippen molar-refractivity contribution in [3.8, 4) is 0 Å². The summed E-state index contributed by atoms with van der Waals surface area (Å²) in [6.07, 6.45) is 4.60. The summed E-state index contributed by atoms with van der Waals surface area (Å²) >= 11 is 0. The fourth-order valence-corrected chi connectivity index (χ4v) is 2.74. The number of esters is 1. The zero-order chi connectivity index (χ0) is 20.6. The van der Waals surface area contributed by atoms with E-state index in [0.717, 1.165) is 5.56 Å². The van der Waals surface area contributed by atoms with Gasteiger partial charge in [-0.05, 0) is 42.8 Å². The van der Waals surface area contributed by atoms with Gasteiger partial charge in [-0.15, -0.1) is 0 Å². The number of carbonyl (C=O) groups is 2. The Bertz CT molecular complexity index is 1100. The van der Waals surface area contributed by atoms with E-state index in [1.807, 2.05) is 6.07 Å². The van der Waals surface area contributed by atoms with E-state index in [9.17, 15) is 14.4 Å². The third-order valence-electron chi connectivity index (χ3n) is 4.20. The number of nitrogens with zero attached hydrogens (tertiary/aromatic N) is 2. The number of anilines is 1. The van der Waals surface area contributed by atoms with Gasteiger partial charge in [0.25, 0.3) is 5.56 Å². The van der Waals surface area contributed by atoms with Crippen molar-refractivity contribution >= 4 is 34.5 Å². The molecule has 0 aliphatic carbocycles. The lowest BCUT2D eigenvalue weighted by Crippen LogP contribution is -2.23. The molecule has 148 valence electrons. The van der Waals surface area contributed by atoms with E-state index < -0.39 is 5.97 Å². The van der Waals surface area contributed by atoms with E-state index in [4.69, 9.17) is 4.74 Å². The third kappa shape index (κ3) is 5.38. The van der Waals surface area contributed by atoms with Gasteiger partial charge in [-0.25, -0.2) is 9.78 Å². The molecule has 0 aliphatic rings. The van der Waals surface area contributed by atoms with Crippen LogP contribution in [0.15, 0.2) is 65.7 Å². The number of rotatable bonds is 7. The van der Waals surface area contributed by atoms with Crippen LogP contribution in [0.5, 0.6) is 0 Å². The fourth-order valence-electron chi connectivity index (χ4n) is 2.74. The predicted octanol–water partition coefficient (Wildman–Crippen LogP) is 3.00. The highest BCUT2D eigenvalue weighted by molar-refractivity contribution is 5.91. The summed E-state index contributed by atoms with van der Waals surface area (Å²) < 4.78 is 6.26. The zero-order valence-corrected chi connectivity index (χ0v) is 16.0. The number of fused-ring (bicyclic) bond motifs is 1. The van der Waals surface area contributed by atoms with Crippen LogP contribution in [0.2, 0.25) is 0 Å². The molecule has 0 saturated carbocycles. The molecule has 7 heteroatoms. The van der Waals surface area contributed by atoms with Gasteiger partial charge < -0.3 is 10.1 Å². The summed E-state index contributed by atoms with van der Waals surface area (Å²) in [6, 6.07) is 14.2. The molecule has 0 atom stereocenters. The average Bonchev–Trinajstić information content (AvgIpc) is 2.73. The smallest absolute Gasteiger partial charge is 0.330 e. The topological polar surface area (TPSA) is 90.3 Å². The normalized spacial score (nSPS) is 10.9. The van der Waals surface area contributed by atoms with Crippen LogP contribution < -0.4 is 10.9 Å². The number of hydrogen-bond donors (Lipinski definition) is 1. The maximum absolute atomic E-state index is 12.4. The molecule has 3 aromatic rings. The van der Waals surface area contributed by atoms with E-state index in [0.29, 0.717) is 23.2 Å². The van der Waals surface area contributed by atoms with Gasteiger partial charge in [-0.3, -0.25) is 14.2 Å². The van der Waals surface area contributed by atoms with Crippen LogP contribution in [0, 0.1) is 0 Å². The zero-order valence-electron chi connectivity index (χ0n) is 16.0. The first-order valence-electron chi connectivity index (χ1n) is 9.26. The molecule has 0 fully saturated rings. The highest BCUT2D eigenvalue weighted by Crippen LogP contribution is 2.11. The summed E-state index contributed by atoms with van der Waals surface area (Å²) in [5.74, 6) is -0.608. The minimum Gasteiger partial charge on any atom is -0.463 e. The SMILES string of the molecule is CCOC(=O)/C=C/c1ccc(NC(=O)CCn2cnc3ccccc3c2=O)cc1. The van der Waals surface area contributed by atoms with Crippen LogP contribution in [0.1, 0.15) is 18.9 Å². The van der Waals surface area contributed by atoms with E-state index in [2.05, 4.69) is 10.3 Å². The van der Waals surface area contributed by atoms with Gasteiger partial charge in [-0.2, -0.15) is 0 Å². The lowest BCUT2D eigenvalue weighted by atomic mass is 10.2. The molecule has 0 spiro atoms. The molecule has 0 unspecified atom stereocenters. The summed E-state index contributed by atoms with van der Waals surface area (Å²) in [5.41, 5.74) is 1.91. The maximum atomic E-state index is 12.4. The van der Waals surface area contributed by atoms with E-state index >= 15 is 0 Å². The lowest BCUT2D eigenvalue weighted by Gasteiger charge is -2.08. The minimum atomic E-state index is -0.400. The third-order valence-corrected chi connectivity index (χ3v) is 4.20. The lowest BCUT2D eigenvalue weighted by molar-refractivity contribution is -0.137. The number of hydrogen-bond acceptors (Lipinski definition) is 5. The Morgan fingerprint density at radius 2 is 1.90 bits per heavy atom. The first-order valence-corrected chi connectivity index (χ1v) is 9.26. The Hall–Kier alpha value is -3.74. The molecule has 1 N–H and O–H groups in total. The first kappa shape index (κ1) is 20.0. The Labute approximate surface area is 167 Å². The second kappa shape index (κ2) is 9.45. The molecule has 1 aromatic heterocycles. The van der Waals surface area contributed by atoms with Crippen molar-refractivity contribution in [2.75, 3.05) is 11.9 Å². The molecule has 3 rings (SSSR count). The van der Waals surface area contributed by atoms with Gasteiger partial charge in [0.2, 0.25) is 5.91 Å². The van der Waals surface area contributed by atoms with Crippen molar-refractivity contribution in [2.24, 2.45) is 0 Å². The monoisotopic (exact) mass is 391 g/mol. The molecule has 1 amide bonds. The number of nitrogens with one attached hydrogen (secondary N) is 1.